The normalized spacial score (nSPS) is 29.3. The van der Waals surface area contributed by atoms with E-state index in [9.17, 15) is 5.11 Å². The lowest BCUT2D eigenvalue weighted by atomic mass is 9.78. The van der Waals surface area contributed by atoms with Gasteiger partial charge in [0.25, 0.3) is 0 Å². The molecule has 2 atom stereocenters. The highest BCUT2D eigenvalue weighted by Gasteiger charge is 2.35. The molecule has 0 radical (unpaired) electrons. The zero-order chi connectivity index (χ0) is 12.5. The van der Waals surface area contributed by atoms with Gasteiger partial charge in [-0.3, -0.25) is 0 Å². The summed E-state index contributed by atoms with van der Waals surface area (Å²) in [5.41, 5.74) is 0.591. The van der Waals surface area contributed by atoms with Crippen LogP contribution in [-0.2, 0) is 6.42 Å². The summed E-state index contributed by atoms with van der Waals surface area (Å²) in [6.07, 6.45) is 1.53. The van der Waals surface area contributed by atoms with Gasteiger partial charge in [-0.25, -0.2) is 0 Å². The molecule has 0 aliphatic carbocycles. The summed E-state index contributed by atoms with van der Waals surface area (Å²) in [6, 6.07) is 6.17. The molecule has 94 valence electrons. The lowest BCUT2D eigenvalue weighted by molar-refractivity contribution is -0.0329. The molecule has 2 N–H and O–H groups in total. The molecular formula is C13H17Br2NO. The van der Waals surface area contributed by atoms with Gasteiger partial charge in [0.15, 0.2) is 0 Å². The lowest BCUT2D eigenvalue weighted by Gasteiger charge is -2.38. The maximum atomic E-state index is 10.7. The Kier molecular flexibility index (Phi) is 4.29. The zero-order valence-electron chi connectivity index (χ0n) is 9.84. The molecule has 17 heavy (non-hydrogen) atoms. The fourth-order valence-corrected chi connectivity index (χ4v) is 3.78. The van der Waals surface area contributed by atoms with Gasteiger partial charge in [-0.05, 0) is 42.6 Å². The van der Waals surface area contributed by atoms with E-state index in [1.165, 1.54) is 5.56 Å². The number of aliphatic hydroxyl groups is 1. The Morgan fingerprint density at radius 1 is 1.35 bits per heavy atom. The van der Waals surface area contributed by atoms with E-state index >= 15 is 0 Å². The monoisotopic (exact) mass is 361 g/mol. The zero-order valence-corrected chi connectivity index (χ0v) is 13.0. The van der Waals surface area contributed by atoms with Crippen molar-refractivity contribution in [2.24, 2.45) is 5.92 Å². The highest BCUT2D eigenvalue weighted by Crippen LogP contribution is 2.30. The smallest absolute Gasteiger partial charge is 0.0737 e. The van der Waals surface area contributed by atoms with Crippen molar-refractivity contribution in [3.05, 3.63) is 32.7 Å². The molecule has 1 saturated heterocycles. The van der Waals surface area contributed by atoms with Crippen LogP contribution in [0, 0.1) is 5.92 Å². The number of rotatable bonds is 2. The number of halogens is 2. The molecule has 1 heterocycles. The molecule has 0 saturated carbocycles. The second-order valence-corrected chi connectivity index (χ2v) is 6.74. The van der Waals surface area contributed by atoms with Crippen LogP contribution in [0.2, 0.25) is 0 Å². The van der Waals surface area contributed by atoms with Crippen LogP contribution in [0.1, 0.15) is 18.9 Å². The molecule has 2 rings (SSSR count). The summed E-state index contributed by atoms with van der Waals surface area (Å²) >= 11 is 6.97. The Hall–Kier alpha value is 0.1000. The Morgan fingerprint density at radius 3 is 2.59 bits per heavy atom. The molecule has 1 aromatic rings. The van der Waals surface area contributed by atoms with Crippen molar-refractivity contribution in [1.82, 2.24) is 5.32 Å². The number of piperidine rings is 1. The molecule has 4 heteroatoms. The van der Waals surface area contributed by atoms with Gasteiger partial charge >= 0.3 is 0 Å². The first-order chi connectivity index (χ1) is 7.99. The fraction of sp³-hybridized carbons (Fsp3) is 0.538. The summed E-state index contributed by atoms with van der Waals surface area (Å²) in [6.45, 7) is 3.90. The molecule has 2 unspecified atom stereocenters. The minimum absolute atomic E-state index is 0.286. The molecule has 1 aromatic carbocycles. The van der Waals surface area contributed by atoms with Crippen LogP contribution in [0.15, 0.2) is 27.1 Å². The largest absolute Gasteiger partial charge is 0.389 e. The summed E-state index contributed by atoms with van der Waals surface area (Å²) in [7, 11) is 0. The predicted molar refractivity (Wildman–Crippen MR) is 77.1 cm³/mol. The van der Waals surface area contributed by atoms with Crippen molar-refractivity contribution in [3.8, 4) is 0 Å². The third kappa shape index (κ3) is 3.31. The summed E-state index contributed by atoms with van der Waals surface area (Å²) in [4.78, 5) is 0. The first-order valence-corrected chi connectivity index (χ1v) is 7.46. The second-order valence-electron chi connectivity index (χ2n) is 4.91. The van der Waals surface area contributed by atoms with Crippen LogP contribution < -0.4 is 5.32 Å². The number of hydrogen-bond donors (Lipinski definition) is 2. The Labute approximate surface area is 119 Å². The van der Waals surface area contributed by atoms with E-state index in [1.54, 1.807) is 0 Å². The number of nitrogens with one attached hydrogen (secondary N) is 1. The third-order valence-electron chi connectivity index (χ3n) is 3.54. The van der Waals surface area contributed by atoms with Gasteiger partial charge in [0, 0.05) is 21.9 Å². The van der Waals surface area contributed by atoms with E-state index in [0.29, 0.717) is 6.42 Å². The quantitative estimate of drug-likeness (QED) is 0.847. The van der Waals surface area contributed by atoms with Gasteiger partial charge in [0.1, 0.15) is 0 Å². The minimum atomic E-state index is -0.578. The standard InChI is InChI=1S/C13H17Br2NO/c1-9-8-16-3-2-13(9,17)7-10-4-11(14)6-12(15)5-10/h4-6,9,16-17H,2-3,7-8H2,1H3. The van der Waals surface area contributed by atoms with E-state index in [4.69, 9.17) is 0 Å². The topological polar surface area (TPSA) is 32.3 Å². The van der Waals surface area contributed by atoms with E-state index in [0.717, 1.165) is 28.5 Å². The van der Waals surface area contributed by atoms with Crippen molar-refractivity contribution in [2.45, 2.75) is 25.4 Å². The van der Waals surface area contributed by atoms with Crippen molar-refractivity contribution in [2.75, 3.05) is 13.1 Å². The number of benzene rings is 1. The van der Waals surface area contributed by atoms with Crippen molar-refractivity contribution < 1.29 is 5.11 Å². The van der Waals surface area contributed by atoms with E-state index < -0.39 is 5.60 Å². The lowest BCUT2D eigenvalue weighted by Crippen LogP contribution is -2.50. The SMILES string of the molecule is CC1CNCCC1(O)Cc1cc(Br)cc(Br)c1. The molecule has 1 fully saturated rings. The van der Waals surface area contributed by atoms with E-state index in [-0.39, 0.29) is 5.92 Å². The first kappa shape index (κ1) is 13.5. The Bertz CT molecular complexity index is 390. The minimum Gasteiger partial charge on any atom is -0.389 e. The maximum absolute atomic E-state index is 10.7. The molecule has 0 amide bonds. The second kappa shape index (κ2) is 5.39. The Morgan fingerprint density at radius 2 is 2.00 bits per heavy atom. The van der Waals surface area contributed by atoms with Crippen LogP contribution >= 0.6 is 31.9 Å². The van der Waals surface area contributed by atoms with Crippen LogP contribution in [0.3, 0.4) is 0 Å². The summed E-state index contributed by atoms with van der Waals surface area (Å²) in [5.74, 6) is 0.286. The highest BCUT2D eigenvalue weighted by molar-refractivity contribution is 9.11. The van der Waals surface area contributed by atoms with Gasteiger partial charge in [0.2, 0.25) is 0 Å². The predicted octanol–water partition coefficient (Wildman–Crippen LogP) is 3.11. The molecule has 1 aliphatic heterocycles. The molecular weight excluding hydrogens is 346 g/mol. The average Bonchev–Trinajstić information content (AvgIpc) is 2.21. The van der Waals surface area contributed by atoms with Gasteiger partial charge < -0.3 is 10.4 Å². The van der Waals surface area contributed by atoms with Gasteiger partial charge in [-0.2, -0.15) is 0 Å². The van der Waals surface area contributed by atoms with Crippen molar-refractivity contribution in [3.63, 3.8) is 0 Å². The maximum Gasteiger partial charge on any atom is 0.0737 e. The molecule has 1 aliphatic rings. The average molecular weight is 363 g/mol. The molecule has 2 nitrogen and oxygen atoms in total. The third-order valence-corrected chi connectivity index (χ3v) is 4.45. The van der Waals surface area contributed by atoms with Crippen molar-refractivity contribution in [1.29, 1.82) is 0 Å². The van der Waals surface area contributed by atoms with Crippen LogP contribution in [0.4, 0.5) is 0 Å². The molecule has 0 aromatic heterocycles. The molecule has 0 bridgehead atoms. The van der Waals surface area contributed by atoms with Crippen molar-refractivity contribution >= 4 is 31.9 Å². The molecule has 0 spiro atoms. The van der Waals surface area contributed by atoms with Gasteiger partial charge in [0.05, 0.1) is 5.60 Å². The first-order valence-electron chi connectivity index (χ1n) is 5.88. The Balaban J connectivity index is 2.18. The fourth-order valence-electron chi connectivity index (χ4n) is 2.39. The summed E-state index contributed by atoms with van der Waals surface area (Å²) in [5, 5.41) is 14.0. The summed E-state index contributed by atoms with van der Waals surface area (Å²) < 4.78 is 2.10. The van der Waals surface area contributed by atoms with Gasteiger partial charge in [-0.1, -0.05) is 38.8 Å². The number of hydrogen-bond acceptors (Lipinski definition) is 2. The van der Waals surface area contributed by atoms with E-state index in [2.05, 4.69) is 56.2 Å². The van der Waals surface area contributed by atoms with Crippen LogP contribution in [0.5, 0.6) is 0 Å². The van der Waals surface area contributed by atoms with Crippen LogP contribution in [-0.4, -0.2) is 23.8 Å². The van der Waals surface area contributed by atoms with E-state index in [1.807, 2.05) is 6.07 Å². The van der Waals surface area contributed by atoms with Crippen LogP contribution in [0.25, 0.3) is 0 Å². The highest BCUT2D eigenvalue weighted by atomic mass is 79.9. The van der Waals surface area contributed by atoms with Gasteiger partial charge in [-0.15, -0.1) is 0 Å².